The molecule has 0 bridgehead atoms. The average molecular weight is 344 g/mol. The van der Waals surface area contributed by atoms with Gasteiger partial charge in [-0.15, -0.1) is 23.2 Å². The van der Waals surface area contributed by atoms with Gasteiger partial charge in [-0.3, -0.25) is 9.59 Å². The molecule has 114 valence electrons. The van der Waals surface area contributed by atoms with Crippen LogP contribution < -0.4 is 4.90 Å². The second kappa shape index (κ2) is 4.70. The van der Waals surface area contributed by atoms with Gasteiger partial charge in [0.1, 0.15) is 0 Å². The summed E-state index contributed by atoms with van der Waals surface area (Å²) < 4.78 is 0. The summed E-state index contributed by atoms with van der Waals surface area (Å²) in [6, 6.07) is 17.9. The number of nitrogens with zero attached hydrogens (tertiary/aromatic N) is 1. The van der Waals surface area contributed by atoms with Gasteiger partial charge < -0.3 is 0 Å². The molecular weight excluding hydrogens is 333 g/mol. The number of amides is 2. The molecule has 2 atom stereocenters. The van der Waals surface area contributed by atoms with Crippen molar-refractivity contribution in [2.24, 2.45) is 0 Å². The zero-order valence-corrected chi connectivity index (χ0v) is 13.4. The summed E-state index contributed by atoms with van der Waals surface area (Å²) in [5.74, 6) is -1.02. The minimum absolute atomic E-state index is 0.470. The molecule has 2 amide bonds. The van der Waals surface area contributed by atoms with Gasteiger partial charge in [0.25, 0.3) is 11.8 Å². The maximum atomic E-state index is 12.9. The van der Waals surface area contributed by atoms with Crippen LogP contribution in [0.2, 0.25) is 0 Å². The van der Waals surface area contributed by atoms with Gasteiger partial charge in [0.2, 0.25) is 0 Å². The Morgan fingerprint density at radius 1 is 0.783 bits per heavy atom. The predicted molar refractivity (Wildman–Crippen MR) is 90.5 cm³/mol. The van der Waals surface area contributed by atoms with Crippen LogP contribution in [0.1, 0.15) is 5.56 Å². The van der Waals surface area contributed by atoms with Gasteiger partial charge in [-0.05, 0) is 29.3 Å². The molecule has 1 aliphatic carbocycles. The number of carbonyl (C=O) groups excluding carboxylic acids is 2. The molecule has 3 nitrogen and oxygen atoms in total. The predicted octanol–water partition coefficient (Wildman–Crippen LogP) is 3.61. The van der Waals surface area contributed by atoms with Crippen LogP contribution in [-0.2, 0) is 9.59 Å². The zero-order chi connectivity index (χ0) is 16.2. The number of halogens is 2. The Labute approximate surface area is 143 Å². The summed E-state index contributed by atoms with van der Waals surface area (Å²) >= 11 is 13.1. The number of imide groups is 1. The Bertz CT molecular complexity index is 850. The molecule has 2 unspecified atom stereocenters. The molecule has 1 aliphatic heterocycles. The molecule has 1 saturated heterocycles. The topological polar surface area (TPSA) is 37.4 Å². The van der Waals surface area contributed by atoms with E-state index in [1.165, 1.54) is 0 Å². The Morgan fingerprint density at radius 2 is 1.35 bits per heavy atom. The maximum Gasteiger partial charge on any atom is 0.262 e. The standard InChI is InChI=1S/C18H11Cl2NO2/c19-17-11-14(12-7-3-1-4-8-12)18(17,20)16(23)21(15(17)22)13-9-5-2-6-10-13/h1-11H. The summed E-state index contributed by atoms with van der Waals surface area (Å²) in [5, 5.41) is 0. The summed E-state index contributed by atoms with van der Waals surface area (Å²) in [6.07, 6.45) is 1.58. The summed E-state index contributed by atoms with van der Waals surface area (Å²) in [6.45, 7) is 0. The third kappa shape index (κ3) is 1.66. The van der Waals surface area contributed by atoms with Gasteiger partial charge in [0, 0.05) is 0 Å². The molecule has 0 aromatic heterocycles. The van der Waals surface area contributed by atoms with Gasteiger partial charge in [0.15, 0.2) is 9.75 Å². The van der Waals surface area contributed by atoms with E-state index >= 15 is 0 Å². The van der Waals surface area contributed by atoms with E-state index in [0.29, 0.717) is 11.3 Å². The first-order valence-corrected chi connectivity index (χ1v) is 7.86. The second-order valence-corrected chi connectivity index (χ2v) is 6.74. The van der Waals surface area contributed by atoms with Gasteiger partial charge in [0.05, 0.1) is 5.69 Å². The van der Waals surface area contributed by atoms with Crippen LogP contribution in [0.15, 0.2) is 66.7 Å². The monoisotopic (exact) mass is 343 g/mol. The SMILES string of the molecule is O=C1N(c2ccccc2)C(=O)C2(Cl)C(c3ccccc3)=CC12Cl. The van der Waals surface area contributed by atoms with Crippen LogP contribution in [0.4, 0.5) is 5.69 Å². The van der Waals surface area contributed by atoms with Crippen LogP contribution in [0, 0.1) is 0 Å². The molecule has 4 rings (SSSR count). The van der Waals surface area contributed by atoms with Crippen molar-refractivity contribution in [1.82, 2.24) is 0 Å². The van der Waals surface area contributed by atoms with Crippen LogP contribution in [-0.4, -0.2) is 21.6 Å². The fraction of sp³-hybridized carbons (Fsp3) is 0.111. The average Bonchev–Trinajstić information content (AvgIpc) is 2.69. The molecular formula is C18H11Cl2NO2. The molecule has 23 heavy (non-hydrogen) atoms. The number of benzene rings is 2. The minimum atomic E-state index is -1.57. The van der Waals surface area contributed by atoms with Crippen molar-refractivity contribution >= 4 is 46.3 Å². The van der Waals surface area contributed by atoms with Gasteiger partial charge in [-0.1, -0.05) is 48.5 Å². The maximum absolute atomic E-state index is 12.9. The number of carbonyl (C=O) groups is 2. The Kier molecular flexibility index (Phi) is 2.96. The number of fused-ring (bicyclic) bond motifs is 1. The number of hydrogen-bond acceptors (Lipinski definition) is 2. The molecule has 0 saturated carbocycles. The lowest BCUT2D eigenvalue weighted by Gasteiger charge is -2.41. The molecule has 1 fully saturated rings. The number of para-hydroxylation sites is 1. The van der Waals surface area contributed by atoms with Crippen LogP contribution in [0.3, 0.4) is 0 Å². The highest BCUT2D eigenvalue weighted by Gasteiger charge is 2.75. The largest absolute Gasteiger partial charge is 0.271 e. The molecule has 0 N–H and O–H groups in total. The molecule has 5 heteroatoms. The van der Waals surface area contributed by atoms with Crippen molar-refractivity contribution < 1.29 is 9.59 Å². The fourth-order valence-corrected chi connectivity index (χ4v) is 3.88. The molecule has 1 heterocycles. The lowest BCUT2D eigenvalue weighted by Crippen LogP contribution is -2.55. The first-order valence-electron chi connectivity index (χ1n) is 7.11. The van der Waals surface area contributed by atoms with E-state index < -0.39 is 21.6 Å². The first-order chi connectivity index (χ1) is 11.0. The lowest BCUT2D eigenvalue weighted by molar-refractivity contribution is -0.121. The first kappa shape index (κ1) is 14.5. The van der Waals surface area contributed by atoms with Gasteiger partial charge in [-0.25, -0.2) is 4.90 Å². The number of hydrogen-bond donors (Lipinski definition) is 0. The molecule has 2 aliphatic rings. The van der Waals surface area contributed by atoms with Gasteiger partial charge >= 0.3 is 0 Å². The summed E-state index contributed by atoms with van der Waals surface area (Å²) in [5.41, 5.74) is 1.83. The third-order valence-corrected chi connectivity index (χ3v) is 5.64. The Morgan fingerprint density at radius 3 is 1.96 bits per heavy atom. The molecule has 0 radical (unpaired) electrons. The van der Waals surface area contributed by atoms with E-state index in [2.05, 4.69) is 0 Å². The molecule has 2 aromatic rings. The third-order valence-electron chi connectivity index (χ3n) is 4.33. The van der Waals surface area contributed by atoms with E-state index in [1.807, 2.05) is 36.4 Å². The van der Waals surface area contributed by atoms with Crippen molar-refractivity contribution in [3.8, 4) is 0 Å². The quantitative estimate of drug-likeness (QED) is 0.617. The Hall–Kier alpha value is -2.10. The van der Waals surface area contributed by atoms with Crippen molar-refractivity contribution in [2.45, 2.75) is 9.75 Å². The molecule has 2 aromatic carbocycles. The van der Waals surface area contributed by atoms with Crippen molar-refractivity contribution in [3.05, 3.63) is 72.3 Å². The van der Waals surface area contributed by atoms with Crippen molar-refractivity contribution in [3.63, 3.8) is 0 Å². The van der Waals surface area contributed by atoms with Crippen molar-refractivity contribution in [2.75, 3.05) is 4.90 Å². The lowest BCUT2D eigenvalue weighted by atomic mass is 9.71. The zero-order valence-electron chi connectivity index (χ0n) is 11.9. The highest BCUT2D eigenvalue weighted by Crippen LogP contribution is 2.61. The smallest absolute Gasteiger partial charge is 0.262 e. The highest BCUT2D eigenvalue weighted by atomic mass is 35.5. The Balaban J connectivity index is 1.83. The van der Waals surface area contributed by atoms with Crippen LogP contribution >= 0.6 is 23.2 Å². The van der Waals surface area contributed by atoms with Crippen LogP contribution in [0.5, 0.6) is 0 Å². The molecule has 0 spiro atoms. The van der Waals surface area contributed by atoms with E-state index in [4.69, 9.17) is 23.2 Å². The van der Waals surface area contributed by atoms with Gasteiger partial charge in [-0.2, -0.15) is 0 Å². The second-order valence-electron chi connectivity index (χ2n) is 5.58. The minimum Gasteiger partial charge on any atom is -0.271 e. The summed E-state index contributed by atoms with van der Waals surface area (Å²) in [4.78, 5) is 23.6. The van der Waals surface area contributed by atoms with E-state index in [-0.39, 0.29) is 0 Å². The normalized spacial score (nSPS) is 29.1. The van der Waals surface area contributed by atoms with Crippen LogP contribution in [0.25, 0.3) is 5.57 Å². The van der Waals surface area contributed by atoms with E-state index in [0.717, 1.165) is 10.5 Å². The summed E-state index contributed by atoms with van der Waals surface area (Å²) in [7, 11) is 0. The highest BCUT2D eigenvalue weighted by molar-refractivity contribution is 6.64. The number of alkyl halides is 2. The number of rotatable bonds is 2. The van der Waals surface area contributed by atoms with Crippen molar-refractivity contribution in [1.29, 1.82) is 0 Å². The number of anilines is 1. The fourth-order valence-electron chi connectivity index (χ4n) is 3.12. The van der Waals surface area contributed by atoms with E-state index in [9.17, 15) is 9.59 Å². The van der Waals surface area contributed by atoms with E-state index in [1.54, 1.807) is 30.3 Å².